The number of hydrogen-bond acceptors (Lipinski definition) is 5. The molecule has 4 rings (SSSR count). The molecule has 26 heavy (non-hydrogen) atoms. The predicted octanol–water partition coefficient (Wildman–Crippen LogP) is 2.61. The molecule has 6 nitrogen and oxygen atoms in total. The van der Waals surface area contributed by atoms with Gasteiger partial charge < -0.3 is 24.3 Å². The molecule has 1 saturated carbocycles. The van der Waals surface area contributed by atoms with Gasteiger partial charge in [-0.3, -0.25) is 4.79 Å². The fraction of sp³-hybridized carbons (Fsp3) is 0.650. The first kappa shape index (κ1) is 17.6. The van der Waals surface area contributed by atoms with Crippen LogP contribution < -0.4 is 14.8 Å². The van der Waals surface area contributed by atoms with E-state index in [1.165, 1.54) is 18.4 Å². The van der Waals surface area contributed by atoms with E-state index in [-0.39, 0.29) is 11.8 Å². The molecule has 0 spiro atoms. The number of hydrogen-bond donors (Lipinski definition) is 1. The minimum atomic E-state index is -0.557. The molecule has 2 fully saturated rings. The molecule has 2 heterocycles. The molecule has 0 radical (unpaired) electrons. The van der Waals surface area contributed by atoms with Gasteiger partial charge in [0, 0.05) is 19.4 Å². The molecular weight excluding hydrogens is 334 g/mol. The van der Waals surface area contributed by atoms with Crippen molar-refractivity contribution in [3.63, 3.8) is 0 Å². The Morgan fingerprint density at radius 1 is 1.15 bits per heavy atom. The Morgan fingerprint density at radius 2 is 1.88 bits per heavy atom. The summed E-state index contributed by atoms with van der Waals surface area (Å²) in [6.45, 7) is 4.90. The number of carbonyl (C=O) groups excluding carboxylic acids is 1. The second kappa shape index (κ2) is 7.45. The topological polar surface area (TPSA) is 66.0 Å². The molecule has 1 aliphatic carbocycles. The molecule has 3 aliphatic rings. The van der Waals surface area contributed by atoms with Gasteiger partial charge in [0.1, 0.15) is 13.2 Å². The third-order valence-corrected chi connectivity index (χ3v) is 5.39. The summed E-state index contributed by atoms with van der Waals surface area (Å²) in [5.74, 6) is 1.94. The monoisotopic (exact) mass is 361 g/mol. The number of fused-ring (bicyclic) bond motifs is 1. The maximum Gasteiger partial charge on any atom is 0.220 e. The van der Waals surface area contributed by atoms with Crippen LogP contribution in [0.2, 0.25) is 0 Å². The first-order chi connectivity index (χ1) is 12.6. The molecular formula is C20H27NO5. The number of amides is 1. The predicted molar refractivity (Wildman–Crippen MR) is 95.4 cm³/mol. The molecule has 1 N–H and O–H groups in total. The van der Waals surface area contributed by atoms with Crippen LogP contribution in [0.3, 0.4) is 0 Å². The lowest BCUT2D eigenvalue weighted by molar-refractivity contribution is -0.146. The molecule has 0 aromatic heterocycles. The second-order valence-electron chi connectivity index (χ2n) is 7.48. The number of benzene rings is 1. The highest BCUT2D eigenvalue weighted by Gasteiger charge is 2.35. The maximum atomic E-state index is 12.5. The second-order valence-corrected chi connectivity index (χ2v) is 7.48. The van der Waals surface area contributed by atoms with Crippen LogP contribution in [0.4, 0.5) is 0 Å². The molecule has 1 saturated heterocycles. The molecule has 6 heteroatoms. The number of ether oxygens (including phenoxy) is 4. The van der Waals surface area contributed by atoms with Gasteiger partial charge >= 0.3 is 0 Å². The summed E-state index contributed by atoms with van der Waals surface area (Å²) in [6, 6.07) is 6.09. The normalized spacial score (nSPS) is 22.0. The smallest absolute Gasteiger partial charge is 0.220 e. The summed E-state index contributed by atoms with van der Waals surface area (Å²) in [5, 5.41) is 3.03. The Labute approximate surface area is 154 Å². The molecule has 0 bridgehead atoms. The van der Waals surface area contributed by atoms with Gasteiger partial charge in [-0.15, -0.1) is 0 Å². The summed E-state index contributed by atoms with van der Waals surface area (Å²) >= 11 is 0. The SMILES string of the molecule is CC1(CCNC(=O)CC(c2ccc3c(c2)OCCO3)C2CC2)OCCO1. The van der Waals surface area contributed by atoms with Gasteiger partial charge in [0.15, 0.2) is 17.3 Å². The lowest BCUT2D eigenvalue weighted by Gasteiger charge is -2.23. The Morgan fingerprint density at radius 3 is 2.62 bits per heavy atom. The van der Waals surface area contributed by atoms with Gasteiger partial charge in [-0.1, -0.05) is 6.07 Å². The van der Waals surface area contributed by atoms with Crippen LogP contribution in [-0.4, -0.2) is 44.7 Å². The first-order valence-corrected chi connectivity index (χ1v) is 9.57. The van der Waals surface area contributed by atoms with Gasteiger partial charge in [-0.25, -0.2) is 0 Å². The summed E-state index contributed by atoms with van der Waals surface area (Å²) in [5.41, 5.74) is 1.17. The van der Waals surface area contributed by atoms with Crippen molar-refractivity contribution in [2.24, 2.45) is 5.92 Å². The zero-order chi connectivity index (χ0) is 18.0. The average molecular weight is 361 g/mol. The molecule has 1 amide bonds. The van der Waals surface area contributed by atoms with Crippen molar-refractivity contribution < 1.29 is 23.7 Å². The van der Waals surface area contributed by atoms with E-state index in [2.05, 4.69) is 11.4 Å². The van der Waals surface area contributed by atoms with Gasteiger partial charge in [-0.2, -0.15) is 0 Å². The van der Waals surface area contributed by atoms with Crippen LogP contribution in [0.1, 0.15) is 44.1 Å². The first-order valence-electron chi connectivity index (χ1n) is 9.57. The maximum absolute atomic E-state index is 12.5. The number of nitrogens with one attached hydrogen (secondary N) is 1. The fourth-order valence-corrected chi connectivity index (χ4v) is 3.75. The van der Waals surface area contributed by atoms with Crippen molar-refractivity contribution >= 4 is 5.91 Å². The Bertz CT molecular complexity index is 652. The lowest BCUT2D eigenvalue weighted by Crippen LogP contribution is -2.34. The van der Waals surface area contributed by atoms with Crippen molar-refractivity contribution in [3.8, 4) is 11.5 Å². The fourth-order valence-electron chi connectivity index (χ4n) is 3.75. The summed E-state index contributed by atoms with van der Waals surface area (Å²) in [4.78, 5) is 12.5. The largest absolute Gasteiger partial charge is 0.486 e. The van der Waals surface area contributed by atoms with Gasteiger partial charge in [0.2, 0.25) is 5.91 Å². The van der Waals surface area contributed by atoms with E-state index in [4.69, 9.17) is 18.9 Å². The molecule has 1 atom stereocenters. The van der Waals surface area contributed by atoms with Crippen molar-refractivity contribution in [1.82, 2.24) is 5.32 Å². The Kier molecular flexibility index (Phi) is 5.05. The van der Waals surface area contributed by atoms with Gasteiger partial charge in [-0.05, 0) is 49.3 Å². The third kappa shape index (κ3) is 4.13. The molecule has 1 unspecified atom stereocenters. The van der Waals surface area contributed by atoms with Gasteiger partial charge in [0.25, 0.3) is 0 Å². The Hall–Kier alpha value is -1.79. The summed E-state index contributed by atoms with van der Waals surface area (Å²) < 4.78 is 22.4. The van der Waals surface area contributed by atoms with E-state index in [1.54, 1.807) is 0 Å². The summed E-state index contributed by atoms with van der Waals surface area (Å²) in [6.07, 6.45) is 3.54. The van der Waals surface area contributed by atoms with E-state index >= 15 is 0 Å². The quantitative estimate of drug-likeness (QED) is 0.809. The van der Waals surface area contributed by atoms with Crippen LogP contribution >= 0.6 is 0 Å². The highest BCUT2D eigenvalue weighted by molar-refractivity contribution is 5.77. The third-order valence-electron chi connectivity index (χ3n) is 5.39. The van der Waals surface area contributed by atoms with Crippen LogP contribution in [-0.2, 0) is 14.3 Å². The molecule has 1 aromatic rings. The van der Waals surface area contributed by atoms with Crippen LogP contribution in [0.25, 0.3) is 0 Å². The molecule has 142 valence electrons. The van der Waals surface area contributed by atoms with Crippen LogP contribution in [0.15, 0.2) is 18.2 Å². The minimum absolute atomic E-state index is 0.0818. The van der Waals surface area contributed by atoms with Crippen molar-refractivity contribution in [1.29, 1.82) is 0 Å². The van der Waals surface area contributed by atoms with E-state index in [9.17, 15) is 4.79 Å². The van der Waals surface area contributed by atoms with Crippen molar-refractivity contribution in [3.05, 3.63) is 23.8 Å². The van der Waals surface area contributed by atoms with Crippen molar-refractivity contribution in [2.75, 3.05) is 33.0 Å². The van der Waals surface area contributed by atoms with Crippen LogP contribution in [0.5, 0.6) is 11.5 Å². The number of carbonyl (C=O) groups is 1. The van der Waals surface area contributed by atoms with E-state index in [0.29, 0.717) is 51.7 Å². The van der Waals surface area contributed by atoms with Gasteiger partial charge in [0.05, 0.1) is 13.2 Å². The average Bonchev–Trinajstić information content (AvgIpc) is 3.40. The standard InChI is InChI=1S/C20H27NO5/c1-20(25-10-11-26-20)6-7-21-19(22)13-16(14-2-3-14)15-4-5-17-18(12-15)24-9-8-23-17/h4-5,12,14,16H,2-3,6-11,13H2,1H3,(H,21,22). The van der Waals surface area contributed by atoms with Crippen molar-refractivity contribution in [2.45, 2.75) is 44.3 Å². The highest BCUT2D eigenvalue weighted by atomic mass is 16.7. The van der Waals surface area contributed by atoms with E-state index in [0.717, 1.165) is 11.5 Å². The lowest BCUT2D eigenvalue weighted by atomic mass is 9.90. The molecule has 2 aliphatic heterocycles. The van der Waals surface area contributed by atoms with E-state index < -0.39 is 5.79 Å². The van der Waals surface area contributed by atoms with E-state index in [1.807, 2.05) is 19.1 Å². The Balaban J connectivity index is 1.34. The number of rotatable bonds is 7. The summed E-state index contributed by atoms with van der Waals surface area (Å²) in [7, 11) is 0. The van der Waals surface area contributed by atoms with Crippen LogP contribution in [0, 0.1) is 5.92 Å². The minimum Gasteiger partial charge on any atom is -0.486 e. The zero-order valence-corrected chi connectivity index (χ0v) is 15.3. The molecule has 1 aromatic carbocycles. The zero-order valence-electron chi connectivity index (χ0n) is 15.3. The highest BCUT2D eigenvalue weighted by Crippen LogP contribution is 2.46.